The molecule has 0 radical (unpaired) electrons. The molecule has 0 saturated carbocycles. The molecule has 3 aromatic rings. The molecule has 2 aromatic heterocycles. The van der Waals surface area contributed by atoms with Crippen LogP contribution in [0.25, 0.3) is 11.4 Å². The summed E-state index contributed by atoms with van der Waals surface area (Å²) in [6.07, 6.45) is 0.571. The maximum atomic E-state index is 13.3. The Kier molecular flexibility index (Phi) is 3.56. The van der Waals surface area contributed by atoms with Crippen molar-refractivity contribution in [2.45, 2.75) is 19.4 Å². The largest absolute Gasteiger partial charge is 0.295 e. The lowest BCUT2D eigenvalue weighted by molar-refractivity contribution is -0.120. The van der Waals surface area contributed by atoms with Gasteiger partial charge in [-0.1, -0.05) is 12.1 Å². The molecular formula is C16H16FN7O. The highest BCUT2D eigenvalue weighted by Gasteiger charge is 2.37. The van der Waals surface area contributed by atoms with Gasteiger partial charge >= 0.3 is 0 Å². The molecule has 1 aliphatic heterocycles. The van der Waals surface area contributed by atoms with Gasteiger partial charge in [-0.2, -0.15) is 9.90 Å². The van der Waals surface area contributed by atoms with Crippen molar-refractivity contribution in [3.63, 3.8) is 0 Å². The van der Waals surface area contributed by atoms with Gasteiger partial charge in [0.2, 0.25) is 5.82 Å². The number of anilines is 1. The number of carbonyl (C=O) groups excluding carboxylic acids is 1. The molecule has 0 bridgehead atoms. The minimum atomic E-state index is -0.523. The highest BCUT2D eigenvalue weighted by Crippen LogP contribution is 2.28. The van der Waals surface area contributed by atoms with Gasteiger partial charge < -0.3 is 0 Å². The number of amides is 1. The predicted molar refractivity (Wildman–Crippen MR) is 87.2 cm³/mol. The Morgan fingerprint density at radius 1 is 1.24 bits per heavy atom. The Morgan fingerprint density at radius 3 is 2.80 bits per heavy atom. The topological polar surface area (TPSA) is 81.7 Å². The van der Waals surface area contributed by atoms with Gasteiger partial charge in [-0.05, 0) is 30.7 Å². The summed E-state index contributed by atoms with van der Waals surface area (Å²) in [5.74, 6) is 0.562. The molecular weight excluding hydrogens is 325 g/mol. The third kappa shape index (κ3) is 2.67. The second-order valence-electron chi connectivity index (χ2n) is 6.01. The number of hydrogen-bond donors (Lipinski definition) is 0. The first-order chi connectivity index (χ1) is 12.0. The van der Waals surface area contributed by atoms with Crippen molar-refractivity contribution in [1.82, 2.24) is 30.0 Å². The van der Waals surface area contributed by atoms with Gasteiger partial charge in [0.1, 0.15) is 11.6 Å². The van der Waals surface area contributed by atoms with Crippen molar-refractivity contribution < 1.29 is 9.18 Å². The molecule has 0 spiro atoms. The number of halogens is 1. The van der Waals surface area contributed by atoms with Crippen LogP contribution in [-0.2, 0) is 11.8 Å². The van der Waals surface area contributed by atoms with E-state index in [0.717, 1.165) is 11.5 Å². The van der Waals surface area contributed by atoms with Gasteiger partial charge in [-0.3, -0.25) is 14.4 Å². The average Bonchev–Trinajstić information content (AvgIpc) is 3.26. The molecule has 1 aliphatic rings. The molecule has 0 unspecified atom stereocenters. The van der Waals surface area contributed by atoms with E-state index in [0.29, 0.717) is 24.4 Å². The minimum Gasteiger partial charge on any atom is -0.295 e. The standard InChI is InChI=1S/C16H16FN7O/c1-10-8-14(22(2)19-10)23-7-6-13(16(23)25)24-20-15(18-21-24)11-4-3-5-12(17)9-11/h3-5,8-9,13H,6-7H2,1-2H3/t13-/m1/s1. The van der Waals surface area contributed by atoms with Gasteiger partial charge in [-0.25, -0.2) is 4.39 Å². The van der Waals surface area contributed by atoms with Crippen molar-refractivity contribution >= 4 is 11.7 Å². The number of benzene rings is 1. The summed E-state index contributed by atoms with van der Waals surface area (Å²) >= 11 is 0. The van der Waals surface area contributed by atoms with Crippen LogP contribution in [0.1, 0.15) is 18.2 Å². The first-order valence-electron chi connectivity index (χ1n) is 7.90. The lowest BCUT2D eigenvalue weighted by atomic mass is 10.2. The molecule has 0 N–H and O–H groups in total. The Labute approximate surface area is 142 Å². The number of carbonyl (C=O) groups is 1. The molecule has 25 heavy (non-hydrogen) atoms. The predicted octanol–water partition coefficient (Wildman–Crippen LogP) is 1.50. The van der Waals surface area contributed by atoms with Crippen LogP contribution >= 0.6 is 0 Å². The summed E-state index contributed by atoms with van der Waals surface area (Å²) in [7, 11) is 1.80. The number of tetrazole rings is 1. The third-order valence-corrected chi connectivity index (χ3v) is 4.22. The van der Waals surface area contributed by atoms with Crippen molar-refractivity contribution in [1.29, 1.82) is 0 Å². The zero-order valence-corrected chi connectivity index (χ0v) is 13.8. The first kappa shape index (κ1) is 15.4. The zero-order valence-electron chi connectivity index (χ0n) is 13.8. The van der Waals surface area contributed by atoms with Gasteiger partial charge in [0.25, 0.3) is 5.91 Å². The van der Waals surface area contributed by atoms with Crippen LogP contribution in [0.4, 0.5) is 10.2 Å². The average molecular weight is 341 g/mol. The monoisotopic (exact) mass is 341 g/mol. The molecule has 1 aromatic carbocycles. The summed E-state index contributed by atoms with van der Waals surface area (Å²) < 4.78 is 15.0. The van der Waals surface area contributed by atoms with E-state index in [1.165, 1.54) is 16.9 Å². The van der Waals surface area contributed by atoms with Crippen LogP contribution in [0.3, 0.4) is 0 Å². The fourth-order valence-electron chi connectivity index (χ4n) is 3.06. The van der Waals surface area contributed by atoms with Crippen molar-refractivity contribution in [3.8, 4) is 11.4 Å². The number of nitrogens with zero attached hydrogens (tertiary/aromatic N) is 7. The van der Waals surface area contributed by atoms with Crippen LogP contribution in [-0.4, -0.2) is 42.4 Å². The highest BCUT2D eigenvalue weighted by atomic mass is 19.1. The van der Waals surface area contributed by atoms with Crippen LogP contribution < -0.4 is 4.90 Å². The Morgan fingerprint density at radius 2 is 2.08 bits per heavy atom. The fourth-order valence-corrected chi connectivity index (χ4v) is 3.06. The van der Waals surface area contributed by atoms with Gasteiger partial charge in [0, 0.05) is 25.2 Å². The van der Waals surface area contributed by atoms with Crippen LogP contribution in [0.2, 0.25) is 0 Å². The molecule has 3 heterocycles. The summed E-state index contributed by atoms with van der Waals surface area (Å²) in [4.78, 5) is 15.8. The van der Waals surface area contributed by atoms with Crippen LogP contribution in [0, 0.1) is 12.7 Å². The molecule has 1 saturated heterocycles. The summed E-state index contributed by atoms with van der Waals surface area (Å²) in [6, 6.07) is 7.31. The zero-order chi connectivity index (χ0) is 17.6. The van der Waals surface area contributed by atoms with Gasteiger partial charge in [-0.15, -0.1) is 10.2 Å². The number of aryl methyl sites for hydroxylation is 2. The van der Waals surface area contributed by atoms with E-state index in [-0.39, 0.29) is 11.7 Å². The van der Waals surface area contributed by atoms with Crippen molar-refractivity contribution in [3.05, 3.63) is 41.8 Å². The second kappa shape index (κ2) is 5.76. The molecule has 1 fully saturated rings. The fraction of sp³-hybridized carbons (Fsp3) is 0.312. The summed E-state index contributed by atoms with van der Waals surface area (Å²) in [5.41, 5.74) is 1.37. The Balaban J connectivity index is 1.59. The third-order valence-electron chi connectivity index (χ3n) is 4.22. The first-order valence-corrected chi connectivity index (χ1v) is 7.90. The van der Waals surface area contributed by atoms with E-state index in [9.17, 15) is 9.18 Å². The Bertz CT molecular complexity index is 948. The lowest BCUT2D eigenvalue weighted by Crippen LogP contribution is -2.30. The van der Waals surface area contributed by atoms with E-state index >= 15 is 0 Å². The molecule has 4 rings (SSSR count). The second-order valence-corrected chi connectivity index (χ2v) is 6.01. The molecule has 1 atom stereocenters. The smallest absolute Gasteiger partial charge is 0.255 e. The molecule has 0 aliphatic carbocycles. The van der Waals surface area contributed by atoms with Crippen molar-refractivity contribution in [2.75, 3.05) is 11.4 Å². The Hall–Kier alpha value is -3.10. The quantitative estimate of drug-likeness (QED) is 0.721. The maximum Gasteiger partial charge on any atom is 0.255 e. The van der Waals surface area contributed by atoms with E-state index in [2.05, 4.69) is 20.5 Å². The number of aromatic nitrogens is 6. The lowest BCUT2D eigenvalue weighted by Gasteiger charge is -2.15. The molecule has 9 heteroatoms. The van der Waals surface area contributed by atoms with E-state index in [1.807, 2.05) is 13.0 Å². The van der Waals surface area contributed by atoms with Gasteiger partial charge in [0.15, 0.2) is 6.04 Å². The molecule has 8 nitrogen and oxygen atoms in total. The van der Waals surface area contributed by atoms with Crippen LogP contribution in [0.15, 0.2) is 30.3 Å². The van der Waals surface area contributed by atoms with Gasteiger partial charge in [0.05, 0.1) is 5.69 Å². The summed E-state index contributed by atoms with van der Waals surface area (Å²) in [5, 5.41) is 16.5. The van der Waals surface area contributed by atoms with E-state index in [1.54, 1.807) is 28.8 Å². The van der Waals surface area contributed by atoms with Crippen LogP contribution in [0.5, 0.6) is 0 Å². The normalized spacial score (nSPS) is 17.5. The maximum absolute atomic E-state index is 13.3. The number of hydrogen-bond acceptors (Lipinski definition) is 5. The minimum absolute atomic E-state index is 0.105. The number of rotatable bonds is 3. The van der Waals surface area contributed by atoms with E-state index < -0.39 is 6.04 Å². The van der Waals surface area contributed by atoms with E-state index in [4.69, 9.17) is 0 Å². The molecule has 128 valence electrons. The summed E-state index contributed by atoms with van der Waals surface area (Å²) in [6.45, 7) is 2.44. The van der Waals surface area contributed by atoms with Crippen molar-refractivity contribution in [2.24, 2.45) is 7.05 Å². The molecule has 1 amide bonds. The SMILES string of the molecule is Cc1cc(N2CC[C@@H](n3nnc(-c4cccc(F)c4)n3)C2=O)n(C)n1. The highest BCUT2D eigenvalue weighted by molar-refractivity contribution is 5.97.